The van der Waals surface area contributed by atoms with Gasteiger partial charge in [-0.05, 0) is 37.1 Å². The Hall–Kier alpha value is -2.96. The summed E-state index contributed by atoms with van der Waals surface area (Å²) < 4.78 is 13.2. The van der Waals surface area contributed by atoms with Crippen LogP contribution in [0.5, 0.6) is 0 Å². The first-order chi connectivity index (χ1) is 11.5. The van der Waals surface area contributed by atoms with Crippen LogP contribution in [0.3, 0.4) is 0 Å². The molecule has 2 N–H and O–H groups in total. The van der Waals surface area contributed by atoms with Gasteiger partial charge in [0.2, 0.25) is 5.91 Å². The van der Waals surface area contributed by atoms with Crippen molar-refractivity contribution in [1.82, 2.24) is 0 Å². The van der Waals surface area contributed by atoms with E-state index in [9.17, 15) is 19.3 Å². The summed E-state index contributed by atoms with van der Waals surface area (Å²) >= 11 is 0. The molecule has 0 saturated carbocycles. The summed E-state index contributed by atoms with van der Waals surface area (Å²) in [4.78, 5) is 22.3. The number of carbonyl (C=O) groups is 1. The molecule has 0 aromatic heterocycles. The van der Waals surface area contributed by atoms with Gasteiger partial charge in [-0.25, -0.2) is 4.39 Å². The van der Waals surface area contributed by atoms with Crippen LogP contribution in [0.15, 0.2) is 42.5 Å². The van der Waals surface area contributed by atoms with E-state index in [0.29, 0.717) is 24.3 Å². The Labute approximate surface area is 138 Å². The quantitative estimate of drug-likeness (QED) is 0.458. The second-order valence-corrected chi connectivity index (χ2v) is 5.31. The number of amides is 1. The number of nitrogens with zero attached hydrogens (tertiary/aromatic N) is 1. The van der Waals surface area contributed by atoms with Gasteiger partial charge in [0.25, 0.3) is 5.69 Å². The molecule has 0 aliphatic heterocycles. The summed E-state index contributed by atoms with van der Waals surface area (Å²) in [6.45, 7) is 2.20. The predicted octanol–water partition coefficient (Wildman–Crippen LogP) is 3.87. The molecule has 0 fully saturated rings. The lowest BCUT2D eigenvalue weighted by Crippen LogP contribution is -2.14. The Balaban J connectivity index is 1.81. The highest BCUT2D eigenvalue weighted by Crippen LogP contribution is 2.23. The van der Waals surface area contributed by atoms with Gasteiger partial charge in [0.1, 0.15) is 11.5 Å². The van der Waals surface area contributed by atoms with E-state index < -0.39 is 10.7 Å². The fourth-order valence-corrected chi connectivity index (χ4v) is 2.20. The summed E-state index contributed by atoms with van der Waals surface area (Å²) in [7, 11) is 0. The number of hydrogen-bond acceptors (Lipinski definition) is 4. The van der Waals surface area contributed by atoms with Crippen LogP contribution in [0.1, 0.15) is 18.4 Å². The maximum atomic E-state index is 13.2. The standard InChI is InChI=1S/C17H18FN3O3/c1-12-8-9-13(18)11-15(12)20-17(22)7-4-10-19-14-5-2-3-6-16(14)21(23)24/h2-3,5-6,8-9,11,19H,4,7,10H2,1H3,(H,20,22). The van der Waals surface area contributed by atoms with Gasteiger partial charge in [0.05, 0.1) is 4.92 Å². The van der Waals surface area contributed by atoms with E-state index in [1.54, 1.807) is 31.2 Å². The van der Waals surface area contributed by atoms with Crippen LogP contribution >= 0.6 is 0 Å². The van der Waals surface area contributed by atoms with Gasteiger partial charge >= 0.3 is 0 Å². The largest absolute Gasteiger partial charge is 0.379 e. The number of carbonyl (C=O) groups excluding carboxylic acids is 1. The molecule has 0 heterocycles. The van der Waals surface area contributed by atoms with Crippen LogP contribution in [0.25, 0.3) is 0 Å². The topological polar surface area (TPSA) is 84.3 Å². The minimum atomic E-state index is -0.457. The molecule has 6 nitrogen and oxygen atoms in total. The second-order valence-electron chi connectivity index (χ2n) is 5.31. The molecule has 0 saturated heterocycles. The molecule has 24 heavy (non-hydrogen) atoms. The van der Waals surface area contributed by atoms with Crippen molar-refractivity contribution in [3.63, 3.8) is 0 Å². The minimum Gasteiger partial charge on any atom is -0.379 e. The Kier molecular flexibility index (Phi) is 5.83. The van der Waals surface area contributed by atoms with E-state index in [1.807, 2.05) is 0 Å². The number of anilines is 2. The Morgan fingerprint density at radius 1 is 1.21 bits per heavy atom. The number of nitro groups is 1. The molecule has 1 amide bonds. The zero-order valence-corrected chi connectivity index (χ0v) is 13.2. The highest BCUT2D eigenvalue weighted by Gasteiger charge is 2.11. The van der Waals surface area contributed by atoms with Crippen molar-refractivity contribution in [2.24, 2.45) is 0 Å². The van der Waals surface area contributed by atoms with E-state index in [2.05, 4.69) is 10.6 Å². The fraction of sp³-hybridized carbons (Fsp3) is 0.235. The monoisotopic (exact) mass is 331 g/mol. The van der Waals surface area contributed by atoms with Crippen LogP contribution < -0.4 is 10.6 Å². The van der Waals surface area contributed by atoms with Gasteiger partial charge < -0.3 is 10.6 Å². The lowest BCUT2D eigenvalue weighted by Gasteiger charge is -2.09. The van der Waals surface area contributed by atoms with Crippen LogP contribution in [-0.2, 0) is 4.79 Å². The maximum absolute atomic E-state index is 13.2. The summed E-state index contributed by atoms with van der Waals surface area (Å²) in [6, 6.07) is 10.5. The average Bonchev–Trinajstić information content (AvgIpc) is 2.55. The lowest BCUT2D eigenvalue weighted by atomic mass is 10.2. The van der Waals surface area contributed by atoms with Gasteiger partial charge in [-0.1, -0.05) is 18.2 Å². The molecule has 0 aliphatic carbocycles. The molecular formula is C17H18FN3O3. The number of benzene rings is 2. The molecule has 0 radical (unpaired) electrons. The van der Waals surface area contributed by atoms with E-state index in [4.69, 9.17) is 0 Å². The summed E-state index contributed by atoms with van der Waals surface area (Å²) in [5.74, 6) is -0.637. The van der Waals surface area contributed by atoms with Gasteiger partial charge in [-0.15, -0.1) is 0 Å². The third kappa shape index (κ3) is 4.77. The summed E-state index contributed by atoms with van der Waals surface area (Å²) in [6.07, 6.45) is 0.718. The second kappa shape index (κ2) is 8.05. The van der Waals surface area contributed by atoms with Crippen molar-refractivity contribution in [1.29, 1.82) is 0 Å². The SMILES string of the molecule is Cc1ccc(F)cc1NC(=O)CCCNc1ccccc1[N+](=O)[O-]. The number of hydrogen-bond donors (Lipinski definition) is 2. The highest BCUT2D eigenvalue weighted by atomic mass is 19.1. The molecule has 0 unspecified atom stereocenters. The van der Waals surface area contributed by atoms with Crippen molar-refractivity contribution in [2.75, 3.05) is 17.2 Å². The predicted molar refractivity (Wildman–Crippen MR) is 90.6 cm³/mol. The first kappa shape index (κ1) is 17.4. The molecule has 0 spiro atoms. The molecule has 2 aromatic rings. The molecular weight excluding hydrogens is 313 g/mol. The molecule has 126 valence electrons. The highest BCUT2D eigenvalue weighted by molar-refractivity contribution is 5.91. The Bertz CT molecular complexity index is 750. The van der Waals surface area contributed by atoms with Gasteiger partial charge in [0.15, 0.2) is 0 Å². The van der Waals surface area contributed by atoms with Crippen molar-refractivity contribution < 1.29 is 14.1 Å². The van der Waals surface area contributed by atoms with Gasteiger partial charge in [0, 0.05) is 24.7 Å². The van der Waals surface area contributed by atoms with Gasteiger partial charge in [-0.3, -0.25) is 14.9 Å². The third-order valence-corrected chi connectivity index (χ3v) is 3.47. The number of para-hydroxylation sites is 2. The van der Waals surface area contributed by atoms with E-state index in [0.717, 1.165) is 5.56 Å². The van der Waals surface area contributed by atoms with Gasteiger partial charge in [-0.2, -0.15) is 0 Å². The molecule has 2 aromatic carbocycles. The van der Waals surface area contributed by atoms with Crippen molar-refractivity contribution in [2.45, 2.75) is 19.8 Å². The number of rotatable bonds is 7. The zero-order chi connectivity index (χ0) is 17.5. The summed E-state index contributed by atoms with van der Waals surface area (Å²) in [5.41, 5.74) is 1.65. The maximum Gasteiger partial charge on any atom is 0.292 e. The van der Waals surface area contributed by atoms with Crippen molar-refractivity contribution in [3.05, 3.63) is 64.0 Å². The molecule has 0 aliphatic rings. The first-order valence-corrected chi connectivity index (χ1v) is 7.50. The normalized spacial score (nSPS) is 10.2. The van der Waals surface area contributed by atoms with Crippen molar-refractivity contribution >= 4 is 23.0 Å². The third-order valence-electron chi connectivity index (χ3n) is 3.47. The Morgan fingerprint density at radius 3 is 2.71 bits per heavy atom. The van der Waals surface area contributed by atoms with Crippen LogP contribution in [0.4, 0.5) is 21.5 Å². The molecule has 7 heteroatoms. The number of nitro benzene ring substituents is 1. The molecule has 0 atom stereocenters. The molecule has 0 bridgehead atoms. The first-order valence-electron chi connectivity index (χ1n) is 7.50. The number of nitrogens with one attached hydrogen (secondary N) is 2. The minimum absolute atomic E-state index is 0.00247. The van der Waals surface area contributed by atoms with Crippen LogP contribution in [0, 0.1) is 22.9 Å². The lowest BCUT2D eigenvalue weighted by molar-refractivity contribution is -0.384. The number of halogens is 1. The van der Waals surface area contributed by atoms with Crippen LogP contribution in [0.2, 0.25) is 0 Å². The average molecular weight is 331 g/mol. The zero-order valence-electron chi connectivity index (χ0n) is 13.2. The molecule has 2 rings (SSSR count). The van der Waals surface area contributed by atoms with Crippen molar-refractivity contribution in [3.8, 4) is 0 Å². The summed E-state index contributed by atoms with van der Waals surface area (Å²) in [5, 5.41) is 16.5. The fourth-order valence-electron chi connectivity index (χ4n) is 2.20. The van der Waals surface area contributed by atoms with E-state index in [-0.39, 0.29) is 18.0 Å². The van der Waals surface area contributed by atoms with Crippen LogP contribution in [-0.4, -0.2) is 17.4 Å². The Morgan fingerprint density at radius 2 is 1.96 bits per heavy atom. The smallest absolute Gasteiger partial charge is 0.292 e. The number of aryl methyl sites for hydroxylation is 1. The van der Waals surface area contributed by atoms with E-state index in [1.165, 1.54) is 18.2 Å². The van der Waals surface area contributed by atoms with E-state index >= 15 is 0 Å².